The SMILES string of the molecule is COc1cccc(NC(=O)C[NH+](C)[C@H](C)C(=O)NC(=O)NC2CCCCC2)c1. The largest absolute Gasteiger partial charge is 0.497 e. The quantitative estimate of drug-likeness (QED) is 0.550. The number of imide groups is 1. The van der Waals surface area contributed by atoms with Crippen molar-refractivity contribution in [3.05, 3.63) is 24.3 Å². The number of rotatable bonds is 7. The van der Waals surface area contributed by atoms with Crippen molar-refractivity contribution in [2.75, 3.05) is 26.0 Å². The van der Waals surface area contributed by atoms with E-state index in [2.05, 4.69) is 16.0 Å². The summed E-state index contributed by atoms with van der Waals surface area (Å²) in [5.41, 5.74) is 0.626. The summed E-state index contributed by atoms with van der Waals surface area (Å²) in [5.74, 6) is 0.0206. The van der Waals surface area contributed by atoms with Crippen molar-refractivity contribution in [3.63, 3.8) is 0 Å². The number of methoxy groups -OCH3 is 1. The number of hydrogen-bond acceptors (Lipinski definition) is 4. The van der Waals surface area contributed by atoms with Crippen LogP contribution < -0.4 is 25.6 Å². The van der Waals surface area contributed by atoms with Crippen LogP contribution in [-0.4, -0.2) is 50.6 Å². The lowest BCUT2D eigenvalue weighted by molar-refractivity contribution is -0.885. The maximum Gasteiger partial charge on any atom is 0.321 e. The molecular formula is C20H31N4O4+. The number of quaternary nitrogens is 1. The van der Waals surface area contributed by atoms with E-state index in [9.17, 15) is 14.4 Å². The van der Waals surface area contributed by atoms with Gasteiger partial charge in [-0.2, -0.15) is 0 Å². The Balaban J connectivity index is 1.78. The molecule has 2 rings (SSSR count). The predicted molar refractivity (Wildman–Crippen MR) is 106 cm³/mol. The molecule has 4 N–H and O–H groups in total. The maximum atomic E-state index is 12.3. The summed E-state index contributed by atoms with van der Waals surface area (Å²) in [5, 5.41) is 8.03. The van der Waals surface area contributed by atoms with Crippen molar-refractivity contribution in [2.45, 2.75) is 51.1 Å². The molecule has 0 saturated heterocycles. The molecule has 1 aliphatic rings. The first-order valence-electron chi connectivity index (χ1n) is 9.76. The van der Waals surface area contributed by atoms with E-state index in [4.69, 9.17) is 4.74 Å². The fraction of sp³-hybridized carbons (Fsp3) is 0.550. The van der Waals surface area contributed by atoms with Crippen molar-refractivity contribution in [2.24, 2.45) is 0 Å². The summed E-state index contributed by atoms with van der Waals surface area (Å²) in [6, 6.07) is 6.19. The van der Waals surface area contributed by atoms with E-state index >= 15 is 0 Å². The summed E-state index contributed by atoms with van der Waals surface area (Å²) < 4.78 is 5.13. The Bertz CT molecular complexity index is 689. The summed E-state index contributed by atoms with van der Waals surface area (Å²) in [6.45, 7) is 1.79. The van der Waals surface area contributed by atoms with Gasteiger partial charge in [0.2, 0.25) is 0 Å². The van der Waals surface area contributed by atoms with Crippen LogP contribution in [0.3, 0.4) is 0 Å². The van der Waals surface area contributed by atoms with Crippen LogP contribution in [-0.2, 0) is 9.59 Å². The minimum absolute atomic E-state index is 0.0933. The number of urea groups is 1. The molecule has 0 radical (unpaired) electrons. The van der Waals surface area contributed by atoms with Crippen molar-refractivity contribution < 1.29 is 24.0 Å². The van der Waals surface area contributed by atoms with Gasteiger partial charge in [-0.05, 0) is 31.9 Å². The lowest BCUT2D eigenvalue weighted by Crippen LogP contribution is -3.15. The summed E-state index contributed by atoms with van der Waals surface area (Å²) in [6.07, 6.45) is 5.30. The van der Waals surface area contributed by atoms with E-state index < -0.39 is 18.0 Å². The number of benzene rings is 1. The molecule has 28 heavy (non-hydrogen) atoms. The third-order valence-corrected chi connectivity index (χ3v) is 5.10. The van der Waals surface area contributed by atoms with E-state index in [1.807, 2.05) is 0 Å². The van der Waals surface area contributed by atoms with Gasteiger partial charge in [-0.25, -0.2) is 4.79 Å². The third-order valence-electron chi connectivity index (χ3n) is 5.10. The van der Waals surface area contributed by atoms with E-state index in [1.165, 1.54) is 6.42 Å². The smallest absolute Gasteiger partial charge is 0.321 e. The summed E-state index contributed by atoms with van der Waals surface area (Å²) in [4.78, 5) is 37.3. The number of ether oxygens (including phenoxy) is 1. The molecule has 4 amide bonds. The average molecular weight is 391 g/mol. The number of carbonyl (C=O) groups is 3. The van der Waals surface area contributed by atoms with Gasteiger partial charge >= 0.3 is 6.03 Å². The van der Waals surface area contributed by atoms with Gasteiger partial charge in [-0.15, -0.1) is 0 Å². The number of likely N-dealkylation sites (N-methyl/N-ethyl adjacent to an activating group) is 1. The summed E-state index contributed by atoms with van der Waals surface area (Å²) >= 11 is 0. The highest BCUT2D eigenvalue weighted by Gasteiger charge is 2.26. The Morgan fingerprint density at radius 1 is 1.21 bits per heavy atom. The topological polar surface area (TPSA) is 101 Å². The Labute approximate surface area is 166 Å². The van der Waals surface area contributed by atoms with Crippen molar-refractivity contribution in [1.82, 2.24) is 10.6 Å². The highest BCUT2D eigenvalue weighted by molar-refractivity contribution is 5.96. The highest BCUT2D eigenvalue weighted by Crippen LogP contribution is 2.17. The Morgan fingerprint density at radius 2 is 1.93 bits per heavy atom. The molecule has 8 heteroatoms. The highest BCUT2D eigenvalue weighted by atomic mass is 16.5. The Morgan fingerprint density at radius 3 is 2.61 bits per heavy atom. The van der Waals surface area contributed by atoms with Crippen LogP contribution >= 0.6 is 0 Å². The molecule has 0 heterocycles. The number of nitrogens with one attached hydrogen (secondary N) is 4. The molecule has 1 fully saturated rings. The standard InChI is InChI=1S/C20H30N4O4/c1-14(19(26)23-20(27)22-15-8-5-4-6-9-15)24(2)13-18(25)21-16-10-7-11-17(12-16)28-3/h7,10-12,14-15H,4-6,8-9,13H2,1-3H3,(H,21,25)(H2,22,23,26,27)/p+1/t14-/m1/s1. The van der Waals surface area contributed by atoms with E-state index in [0.29, 0.717) is 16.3 Å². The Kier molecular flexibility index (Phi) is 8.25. The predicted octanol–water partition coefficient (Wildman–Crippen LogP) is 0.695. The van der Waals surface area contributed by atoms with Crippen LogP contribution in [0.1, 0.15) is 39.0 Å². The minimum atomic E-state index is -0.548. The zero-order valence-electron chi connectivity index (χ0n) is 16.8. The van der Waals surface area contributed by atoms with Crippen LogP contribution in [0, 0.1) is 0 Å². The second-order valence-electron chi connectivity index (χ2n) is 7.32. The first-order chi connectivity index (χ1) is 13.4. The molecule has 1 aliphatic carbocycles. The second-order valence-corrected chi connectivity index (χ2v) is 7.32. The normalized spacial score (nSPS) is 16.5. The molecule has 1 saturated carbocycles. The minimum Gasteiger partial charge on any atom is -0.497 e. The molecule has 1 aromatic rings. The second kappa shape index (κ2) is 10.7. The van der Waals surface area contributed by atoms with Gasteiger partial charge in [0.1, 0.15) is 5.75 Å². The van der Waals surface area contributed by atoms with Crippen LogP contribution in [0.5, 0.6) is 5.75 Å². The van der Waals surface area contributed by atoms with Crippen LogP contribution in [0.4, 0.5) is 10.5 Å². The summed E-state index contributed by atoms with van der Waals surface area (Å²) in [7, 11) is 3.30. The van der Waals surface area contributed by atoms with Crippen LogP contribution in [0.2, 0.25) is 0 Å². The van der Waals surface area contributed by atoms with E-state index in [-0.39, 0.29) is 18.5 Å². The van der Waals surface area contributed by atoms with Gasteiger partial charge in [-0.3, -0.25) is 14.9 Å². The van der Waals surface area contributed by atoms with Crippen molar-refractivity contribution in [1.29, 1.82) is 0 Å². The molecule has 0 bridgehead atoms. The van der Waals surface area contributed by atoms with Gasteiger partial charge in [0.15, 0.2) is 12.6 Å². The molecule has 1 unspecified atom stereocenters. The van der Waals surface area contributed by atoms with Gasteiger partial charge in [0, 0.05) is 17.8 Å². The van der Waals surface area contributed by atoms with Gasteiger partial charge < -0.3 is 20.3 Å². The van der Waals surface area contributed by atoms with Crippen LogP contribution in [0.25, 0.3) is 0 Å². The first-order valence-corrected chi connectivity index (χ1v) is 9.76. The Hall–Kier alpha value is -2.61. The number of carbonyl (C=O) groups excluding carboxylic acids is 3. The molecule has 0 spiro atoms. The first kappa shape index (κ1) is 21.7. The monoisotopic (exact) mass is 391 g/mol. The fourth-order valence-corrected chi connectivity index (χ4v) is 3.22. The van der Waals surface area contributed by atoms with Gasteiger partial charge in [0.05, 0.1) is 14.2 Å². The molecule has 1 aromatic carbocycles. The number of hydrogen-bond donors (Lipinski definition) is 4. The van der Waals surface area contributed by atoms with Gasteiger partial charge in [0.25, 0.3) is 11.8 Å². The van der Waals surface area contributed by atoms with Crippen LogP contribution in [0.15, 0.2) is 24.3 Å². The zero-order valence-corrected chi connectivity index (χ0v) is 16.8. The van der Waals surface area contributed by atoms with E-state index in [1.54, 1.807) is 45.3 Å². The number of amides is 4. The molecule has 0 aromatic heterocycles. The van der Waals surface area contributed by atoms with E-state index in [0.717, 1.165) is 25.7 Å². The fourth-order valence-electron chi connectivity index (χ4n) is 3.22. The average Bonchev–Trinajstić information content (AvgIpc) is 2.67. The third kappa shape index (κ3) is 6.84. The van der Waals surface area contributed by atoms with Crippen molar-refractivity contribution >= 4 is 23.5 Å². The van der Waals surface area contributed by atoms with Gasteiger partial charge in [-0.1, -0.05) is 25.3 Å². The molecule has 154 valence electrons. The lowest BCUT2D eigenvalue weighted by atomic mass is 9.96. The van der Waals surface area contributed by atoms with Crippen molar-refractivity contribution in [3.8, 4) is 5.75 Å². The number of anilines is 1. The molecular weight excluding hydrogens is 360 g/mol. The maximum absolute atomic E-state index is 12.3. The lowest BCUT2D eigenvalue weighted by Gasteiger charge is -2.24. The molecule has 0 aliphatic heterocycles. The molecule has 8 nitrogen and oxygen atoms in total. The molecule has 2 atom stereocenters. The zero-order chi connectivity index (χ0) is 20.5.